The van der Waals surface area contributed by atoms with Gasteiger partial charge in [-0.1, -0.05) is 56.7 Å². The predicted molar refractivity (Wildman–Crippen MR) is 148 cm³/mol. The summed E-state index contributed by atoms with van der Waals surface area (Å²) in [6.45, 7) is 3.03. The number of rotatable bonds is 8. The monoisotopic (exact) mass is 575 g/mol. The zero-order valence-electron chi connectivity index (χ0n) is 22.7. The lowest BCUT2D eigenvalue weighted by molar-refractivity contribution is -0.115. The molecule has 0 bridgehead atoms. The summed E-state index contributed by atoms with van der Waals surface area (Å²) >= 11 is 0. The SMILES string of the molecule is CCC.COc1c(-c2ccc(NCC(F)(F)F)cc2F)cc(O)c(-c2ccc(OCc3ccccc3)c(F)c2)c1O. The van der Waals surface area contributed by atoms with Crippen molar-refractivity contribution in [2.24, 2.45) is 0 Å². The molecule has 0 heterocycles. The second-order valence-electron chi connectivity index (χ2n) is 8.99. The molecular weight excluding hydrogens is 545 g/mol. The van der Waals surface area contributed by atoms with Gasteiger partial charge in [0.2, 0.25) is 0 Å². The van der Waals surface area contributed by atoms with E-state index in [9.17, 15) is 32.2 Å². The van der Waals surface area contributed by atoms with Crippen molar-refractivity contribution in [1.82, 2.24) is 0 Å². The highest BCUT2D eigenvalue weighted by Crippen LogP contribution is 2.50. The van der Waals surface area contributed by atoms with Crippen molar-refractivity contribution in [3.8, 4) is 45.3 Å². The molecule has 218 valence electrons. The van der Waals surface area contributed by atoms with Crippen LogP contribution < -0.4 is 14.8 Å². The van der Waals surface area contributed by atoms with Crippen molar-refractivity contribution in [1.29, 1.82) is 0 Å². The minimum Gasteiger partial charge on any atom is -0.507 e. The van der Waals surface area contributed by atoms with Gasteiger partial charge in [0.1, 0.15) is 24.7 Å². The van der Waals surface area contributed by atoms with Crippen LogP contribution >= 0.6 is 0 Å². The fourth-order valence-electron chi connectivity index (χ4n) is 3.88. The summed E-state index contributed by atoms with van der Waals surface area (Å²) in [5.41, 5.74) is 0.451. The summed E-state index contributed by atoms with van der Waals surface area (Å²) in [4.78, 5) is 0. The number of ether oxygens (including phenoxy) is 2. The summed E-state index contributed by atoms with van der Waals surface area (Å²) in [6, 6.07) is 17.4. The van der Waals surface area contributed by atoms with E-state index in [-0.39, 0.29) is 46.0 Å². The molecule has 0 amide bonds. The largest absolute Gasteiger partial charge is 0.507 e. The Hall–Kier alpha value is -4.47. The Kier molecular flexibility index (Phi) is 10.4. The van der Waals surface area contributed by atoms with E-state index in [4.69, 9.17) is 9.47 Å². The summed E-state index contributed by atoms with van der Waals surface area (Å²) in [6.07, 6.45) is -3.24. The first-order valence-electron chi connectivity index (χ1n) is 12.7. The number of hydrogen-bond acceptors (Lipinski definition) is 5. The Bertz CT molecular complexity index is 1460. The van der Waals surface area contributed by atoms with Gasteiger partial charge in [0.25, 0.3) is 0 Å². The van der Waals surface area contributed by atoms with Gasteiger partial charge in [-0.2, -0.15) is 13.2 Å². The topological polar surface area (TPSA) is 71.0 Å². The van der Waals surface area contributed by atoms with Crippen LogP contribution in [0.5, 0.6) is 23.0 Å². The van der Waals surface area contributed by atoms with Gasteiger partial charge in [0.15, 0.2) is 23.1 Å². The molecule has 4 rings (SSSR count). The molecule has 41 heavy (non-hydrogen) atoms. The molecule has 0 radical (unpaired) electrons. The van der Waals surface area contributed by atoms with Gasteiger partial charge in [-0.25, -0.2) is 8.78 Å². The van der Waals surface area contributed by atoms with E-state index in [1.807, 2.05) is 30.3 Å². The lowest BCUT2D eigenvalue weighted by atomic mass is 9.96. The third-order valence-electron chi connectivity index (χ3n) is 5.65. The first kappa shape index (κ1) is 31.1. The van der Waals surface area contributed by atoms with E-state index in [0.29, 0.717) is 0 Å². The van der Waals surface area contributed by atoms with Crippen molar-refractivity contribution >= 4 is 5.69 Å². The highest BCUT2D eigenvalue weighted by atomic mass is 19.4. The van der Waals surface area contributed by atoms with Gasteiger partial charge >= 0.3 is 6.18 Å². The molecule has 0 atom stereocenters. The van der Waals surface area contributed by atoms with E-state index in [1.54, 1.807) is 0 Å². The molecule has 0 aliphatic heterocycles. The molecule has 0 aliphatic rings. The third-order valence-corrected chi connectivity index (χ3v) is 5.65. The quantitative estimate of drug-likeness (QED) is 0.183. The minimum absolute atomic E-state index is 0.0403. The zero-order chi connectivity index (χ0) is 30.2. The Labute approximate surface area is 234 Å². The maximum Gasteiger partial charge on any atom is 0.405 e. The van der Waals surface area contributed by atoms with Crippen molar-refractivity contribution in [2.75, 3.05) is 19.0 Å². The molecule has 0 spiro atoms. The Morgan fingerprint density at radius 3 is 2.10 bits per heavy atom. The summed E-state index contributed by atoms with van der Waals surface area (Å²) in [7, 11) is 1.21. The number of methoxy groups -OCH3 is 1. The number of benzene rings is 4. The van der Waals surface area contributed by atoms with Gasteiger partial charge in [-0.3, -0.25) is 0 Å². The van der Waals surface area contributed by atoms with Crippen LogP contribution in [0.1, 0.15) is 25.8 Å². The Balaban J connectivity index is 0.00000147. The maximum absolute atomic E-state index is 14.8. The number of anilines is 1. The van der Waals surface area contributed by atoms with Gasteiger partial charge in [0, 0.05) is 16.8 Å². The number of alkyl halides is 3. The molecule has 4 aromatic rings. The number of nitrogens with one attached hydrogen (secondary N) is 1. The van der Waals surface area contributed by atoms with E-state index in [0.717, 1.165) is 23.8 Å². The van der Waals surface area contributed by atoms with Crippen LogP contribution in [0.25, 0.3) is 22.3 Å². The van der Waals surface area contributed by atoms with Crippen LogP contribution in [0.3, 0.4) is 0 Å². The average molecular weight is 576 g/mol. The van der Waals surface area contributed by atoms with Gasteiger partial charge in [-0.15, -0.1) is 0 Å². The van der Waals surface area contributed by atoms with Crippen LogP contribution in [-0.4, -0.2) is 30.0 Å². The number of phenolic OH excluding ortho intramolecular Hbond substituents is 2. The van der Waals surface area contributed by atoms with E-state index < -0.39 is 35.9 Å². The molecule has 0 saturated carbocycles. The first-order chi connectivity index (χ1) is 19.5. The lowest BCUT2D eigenvalue weighted by Gasteiger charge is -2.17. The summed E-state index contributed by atoms with van der Waals surface area (Å²) < 4.78 is 77.8. The molecular formula is C31H30F5NO4. The highest BCUT2D eigenvalue weighted by Gasteiger charge is 2.27. The summed E-state index contributed by atoms with van der Waals surface area (Å²) in [5.74, 6) is -3.02. The van der Waals surface area contributed by atoms with Crippen LogP contribution in [0.15, 0.2) is 72.8 Å². The Morgan fingerprint density at radius 1 is 0.829 bits per heavy atom. The van der Waals surface area contributed by atoms with Crippen molar-refractivity contribution in [3.05, 3.63) is 90.0 Å². The van der Waals surface area contributed by atoms with E-state index >= 15 is 0 Å². The molecule has 0 unspecified atom stereocenters. The average Bonchev–Trinajstić information content (AvgIpc) is 2.92. The molecule has 0 aromatic heterocycles. The molecule has 0 saturated heterocycles. The highest BCUT2D eigenvalue weighted by molar-refractivity contribution is 5.87. The van der Waals surface area contributed by atoms with Crippen LogP contribution in [0, 0.1) is 11.6 Å². The van der Waals surface area contributed by atoms with E-state index in [2.05, 4.69) is 19.2 Å². The fourth-order valence-corrected chi connectivity index (χ4v) is 3.88. The molecule has 3 N–H and O–H groups in total. The van der Waals surface area contributed by atoms with Gasteiger partial charge < -0.3 is 25.0 Å². The first-order valence-corrected chi connectivity index (χ1v) is 12.7. The molecule has 5 nitrogen and oxygen atoms in total. The van der Waals surface area contributed by atoms with Crippen LogP contribution in [0.4, 0.5) is 27.6 Å². The standard InChI is InChI=1S/C28H22F5NO4.C3H8/c1-37-27-20(19-9-8-18(12-21(19)29)34-15-28(31,32)33)13-23(35)25(26(27)36)17-7-10-24(22(30)11-17)38-14-16-5-3-2-4-6-16;1-3-2/h2-13,34-36H,14-15H2,1H3;3H2,1-2H3. The van der Waals surface area contributed by atoms with Crippen molar-refractivity contribution in [2.45, 2.75) is 33.1 Å². The van der Waals surface area contributed by atoms with Gasteiger partial charge in [-0.05, 0) is 47.5 Å². The minimum atomic E-state index is -4.49. The fraction of sp³-hybridized carbons (Fsp3) is 0.226. The van der Waals surface area contributed by atoms with E-state index in [1.165, 1.54) is 37.8 Å². The third kappa shape index (κ3) is 8.03. The van der Waals surface area contributed by atoms with Crippen LogP contribution in [-0.2, 0) is 6.61 Å². The van der Waals surface area contributed by atoms with Crippen molar-refractivity contribution in [3.63, 3.8) is 0 Å². The molecule has 10 heteroatoms. The second kappa shape index (κ2) is 13.7. The van der Waals surface area contributed by atoms with Gasteiger partial charge in [0.05, 0.1) is 12.7 Å². The van der Waals surface area contributed by atoms with Crippen LogP contribution in [0.2, 0.25) is 0 Å². The number of aromatic hydroxyl groups is 2. The lowest BCUT2D eigenvalue weighted by Crippen LogP contribution is -2.21. The van der Waals surface area contributed by atoms with Crippen molar-refractivity contribution < 1.29 is 41.6 Å². The molecule has 0 fully saturated rings. The summed E-state index contributed by atoms with van der Waals surface area (Å²) in [5, 5.41) is 23.7. The Morgan fingerprint density at radius 2 is 1.51 bits per heavy atom. The predicted octanol–water partition coefficient (Wildman–Crippen LogP) is 8.69. The maximum atomic E-state index is 14.8. The smallest absolute Gasteiger partial charge is 0.405 e. The molecule has 0 aliphatic carbocycles. The number of hydrogen-bond donors (Lipinski definition) is 3. The number of phenols is 2. The second-order valence-corrected chi connectivity index (χ2v) is 8.99. The number of halogens is 5. The zero-order valence-corrected chi connectivity index (χ0v) is 22.7. The normalized spacial score (nSPS) is 10.9. The molecule has 4 aromatic carbocycles.